The Morgan fingerprint density at radius 1 is 1.40 bits per heavy atom. The van der Waals surface area contributed by atoms with Gasteiger partial charge in [0.1, 0.15) is 0 Å². The first-order valence-corrected chi connectivity index (χ1v) is 6.08. The molecule has 0 aromatic carbocycles. The van der Waals surface area contributed by atoms with Crippen molar-refractivity contribution in [3.8, 4) is 0 Å². The van der Waals surface area contributed by atoms with Gasteiger partial charge in [-0.3, -0.25) is 4.79 Å². The summed E-state index contributed by atoms with van der Waals surface area (Å²) in [5, 5.41) is 3.49. The van der Waals surface area contributed by atoms with Gasteiger partial charge in [-0.15, -0.1) is 0 Å². The molecule has 2 unspecified atom stereocenters. The summed E-state index contributed by atoms with van der Waals surface area (Å²) in [7, 11) is 1.44. The first kappa shape index (κ1) is 12.5. The highest BCUT2D eigenvalue weighted by atomic mass is 16.5. The topological polar surface area (TPSA) is 38.3 Å². The molecule has 0 amide bonds. The quantitative estimate of drug-likeness (QED) is 0.711. The fourth-order valence-electron chi connectivity index (χ4n) is 2.43. The Morgan fingerprint density at radius 2 is 2.13 bits per heavy atom. The molecule has 0 heterocycles. The van der Waals surface area contributed by atoms with E-state index in [-0.39, 0.29) is 5.97 Å². The lowest BCUT2D eigenvalue weighted by Gasteiger charge is -2.31. The smallest absolute Gasteiger partial charge is 0.306 e. The molecule has 1 aliphatic carbocycles. The third kappa shape index (κ3) is 4.20. The molecule has 0 aromatic heterocycles. The summed E-state index contributed by atoms with van der Waals surface area (Å²) in [5.41, 5.74) is 0. The SMILES string of the molecule is CCC1CCCCC1NCCC(=O)OC. The summed E-state index contributed by atoms with van der Waals surface area (Å²) >= 11 is 0. The molecule has 0 saturated heterocycles. The molecule has 1 N–H and O–H groups in total. The highest BCUT2D eigenvalue weighted by Crippen LogP contribution is 2.26. The van der Waals surface area contributed by atoms with Crippen molar-refractivity contribution in [1.29, 1.82) is 0 Å². The van der Waals surface area contributed by atoms with Crippen LogP contribution in [0, 0.1) is 5.92 Å². The zero-order chi connectivity index (χ0) is 11.1. The Bertz CT molecular complexity index is 194. The lowest BCUT2D eigenvalue weighted by molar-refractivity contribution is -0.140. The normalized spacial score (nSPS) is 26.3. The van der Waals surface area contributed by atoms with E-state index in [1.807, 2.05) is 0 Å². The largest absolute Gasteiger partial charge is 0.469 e. The predicted octanol–water partition coefficient (Wildman–Crippen LogP) is 2.11. The highest BCUT2D eigenvalue weighted by Gasteiger charge is 2.22. The molecule has 3 nitrogen and oxygen atoms in total. The maximum Gasteiger partial charge on any atom is 0.306 e. The summed E-state index contributed by atoms with van der Waals surface area (Å²) in [5.74, 6) is 0.683. The summed E-state index contributed by atoms with van der Waals surface area (Å²) in [6.07, 6.45) is 7.03. The second-order valence-corrected chi connectivity index (χ2v) is 4.34. The van der Waals surface area contributed by atoms with Gasteiger partial charge in [0.15, 0.2) is 0 Å². The fraction of sp³-hybridized carbons (Fsp3) is 0.917. The first-order chi connectivity index (χ1) is 7.27. The van der Waals surface area contributed by atoms with E-state index in [1.165, 1.54) is 39.2 Å². The van der Waals surface area contributed by atoms with E-state index in [0.717, 1.165) is 12.5 Å². The molecule has 0 radical (unpaired) electrons. The molecule has 1 saturated carbocycles. The molecule has 88 valence electrons. The summed E-state index contributed by atoms with van der Waals surface area (Å²) < 4.78 is 4.61. The van der Waals surface area contributed by atoms with Crippen molar-refractivity contribution in [2.45, 2.75) is 51.5 Å². The third-order valence-corrected chi connectivity index (χ3v) is 3.40. The van der Waals surface area contributed by atoms with Crippen LogP contribution < -0.4 is 5.32 Å². The molecule has 2 atom stereocenters. The molecular weight excluding hydrogens is 190 g/mol. The Balaban J connectivity index is 2.20. The molecule has 0 aromatic rings. The molecule has 0 bridgehead atoms. The van der Waals surface area contributed by atoms with Crippen LogP contribution in [-0.2, 0) is 9.53 Å². The van der Waals surface area contributed by atoms with Crippen molar-refractivity contribution < 1.29 is 9.53 Å². The predicted molar refractivity (Wildman–Crippen MR) is 60.7 cm³/mol. The minimum absolute atomic E-state index is 0.119. The lowest BCUT2D eigenvalue weighted by atomic mass is 9.83. The number of esters is 1. The average Bonchev–Trinajstić information content (AvgIpc) is 2.29. The van der Waals surface area contributed by atoms with E-state index in [0.29, 0.717) is 12.5 Å². The first-order valence-electron chi connectivity index (χ1n) is 6.08. The van der Waals surface area contributed by atoms with Crippen LogP contribution >= 0.6 is 0 Å². The number of hydrogen-bond donors (Lipinski definition) is 1. The van der Waals surface area contributed by atoms with Crippen LogP contribution in [0.3, 0.4) is 0 Å². The molecule has 3 heteroatoms. The minimum Gasteiger partial charge on any atom is -0.469 e. The monoisotopic (exact) mass is 213 g/mol. The summed E-state index contributed by atoms with van der Waals surface area (Å²) in [6, 6.07) is 0.619. The van der Waals surface area contributed by atoms with E-state index >= 15 is 0 Å². The van der Waals surface area contributed by atoms with Gasteiger partial charge in [0.05, 0.1) is 13.5 Å². The standard InChI is InChI=1S/C12H23NO2/c1-3-10-6-4-5-7-11(10)13-9-8-12(14)15-2/h10-11,13H,3-9H2,1-2H3. The van der Waals surface area contributed by atoms with E-state index < -0.39 is 0 Å². The number of rotatable bonds is 5. The number of carbonyl (C=O) groups excluding carboxylic acids is 1. The lowest BCUT2D eigenvalue weighted by Crippen LogP contribution is -2.39. The Morgan fingerprint density at radius 3 is 2.80 bits per heavy atom. The van der Waals surface area contributed by atoms with Crippen LogP contribution in [0.1, 0.15) is 45.4 Å². The molecule has 0 spiro atoms. The van der Waals surface area contributed by atoms with E-state index in [4.69, 9.17) is 0 Å². The van der Waals surface area contributed by atoms with Gasteiger partial charge in [-0.2, -0.15) is 0 Å². The van der Waals surface area contributed by atoms with Crippen LogP contribution in [0.4, 0.5) is 0 Å². The maximum absolute atomic E-state index is 10.9. The van der Waals surface area contributed by atoms with Crippen molar-refractivity contribution >= 4 is 5.97 Å². The van der Waals surface area contributed by atoms with Gasteiger partial charge in [0.25, 0.3) is 0 Å². The third-order valence-electron chi connectivity index (χ3n) is 3.40. The molecule has 1 rings (SSSR count). The number of ether oxygens (including phenoxy) is 1. The number of hydrogen-bond acceptors (Lipinski definition) is 3. The van der Waals surface area contributed by atoms with Gasteiger partial charge in [-0.1, -0.05) is 26.2 Å². The second kappa shape index (κ2) is 6.83. The molecular formula is C12H23NO2. The maximum atomic E-state index is 10.9. The molecule has 1 fully saturated rings. The van der Waals surface area contributed by atoms with Gasteiger partial charge >= 0.3 is 5.97 Å². The van der Waals surface area contributed by atoms with Crippen molar-refractivity contribution in [3.05, 3.63) is 0 Å². The Labute approximate surface area is 92.6 Å². The van der Waals surface area contributed by atoms with E-state index in [2.05, 4.69) is 17.0 Å². The second-order valence-electron chi connectivity index (χ2n) is 4.34. The molecule has 1 aliphatic rings. The van der Waals surface area contributed by atoms with Gasteiger partial charge < -0.3 is 10.1 Å². The van der Waals surface area contributed by atoms with Gasteiger partial charge in [0.2, 0.25) is 0 Å². The summed E-state index contributed by atoms with van der Waals surface area (Å²) in [4.78, 5) is 10.9. The van der Waals surface area contributed by atoms with Gasteiger partial charge in [-0.25, -0.2) is 0 Å². The number of nitrogens with one attached hydrogen (secondary N) is 1. The number of carbonyl (C=O) groups is 1. The van der Waals surface area contributed by atoms with Crippen LogP contribution in [-0.4, -0.2) is 25.7 Å². The highest BCUT2D eigenvalue weighted by molar-refractivity contribution is 5.69. The van der Waals surface area contributed by atoms with Crippen LogP contribution in [0.25, 0.3) is 0 Å². The van der Waals surface area contributed by atoms with Gasteiger partial charge in [0, 0.05) is 12.6 Å². The van der Waals surface area contributed by atoms with Crippen LogP contribution in [0.2, 0.25) is 0 Å². The van der Waals surface area contributed by atoms with Crippen molar-refractivity contribution in [3.63, 3.8) is 0 Å². The van der Waals surface area contributed by atoms with Gasteiger partial charge in [-0.05, 0) is 18.8 Å². The van der Waals surface area contributed by atoms with Crippen molar-refractivity contribution in [1.82, 2.24) is 5.32 Å². The summed E-state index contributed by atoms with van der Waals surface area (Å²) in [6.45, 7) is 3.01. The van der Waals surface area contributed by atoms with E-state index in [9.17, 15) is 4.79 Å². The molecule has 0 aliphatic heterocycles. The van der Waals surface area contributed by atoms with Crippen molar-refractivity contribution in [2.75, 3.05) is 13.7 Å². The minimum atomic E-state index is -0.119. The van der Waals surface area contributed by atoms with Crippen LogP contribution in [0.5, 0.6) is 0 Å². The Hall–Kier alpha value is -0.570. The number of methoxy groups -OCH3 is 1. The zero-order valence-electron chi connectivity index (χ0n) is 9.92. The van der Waals surface area contributed by atoms with Crippen LogP contribution in [0.15, 0.2) is 0 Å². The average molecular weight is 213 g/mol. The van der Waals surface area contributed by atoms with E-state index in [1.54, 1.807) is 0 Å². The Kier molecular flexibility index (Phi) is 5.69. The zero-order valence-corrected chi connectivity index (χ0v) is 9.92. The van der Waals surface area contributed by atoms with Crippen molar-refractivity contribution in [2.24, 2.45) is 5.92 Å². The molecule has 15 heavy (non-hydrogen) atoms. The fourth-order valence-corrected chi connectivity index (χ4v) is 2.43.